The number of aromatic nitrogens is 2. The van der Waals surface area contributed by atoms with Crippen LogP contribution in [0.1, 0.15) is 38.3 Å². The van der Waals surface area contributed by atoms with Crippen molar-refractivity contribution in [3.05, 3.63) is 30.2 Å². The summed E-state index contributed by atoms with van der Waals surface area (Å²) in [6.45, 7) is 6.87. The Morgan fingerprint density at radius 3 is 2.64 bits per heavy atom. The lowest BCUT2D eigenvalue weighted by Gasteiger charge is -2.30. The second kappa shape index (κ2) is 9.73. The van der Waals surface area contributed by atoms with Gasteiger partial charge in [0.05, 0.1) is 18.0 Å². The average molecular weight is 385 g/mol. The molecule has 0 radical (unpaired) electrons. The van der Waals surface area contributed by atoms with Crippen LogP contribution >= 0.6 is 0 Å². The smallest absolute Gasteiger partial charge is 0.237 e. The summed E-state index contributed by atoms with van der Waals surface area (Å²) < 4.78 is 11.4. The van der Waals surface area contributed by atoms with Crippen molar-refractivity contribution in [1.29, 1.82) is 0 Å². The van der Waals surface area contributed by atoms with E-state index in [0.29, 0.717) is 12.5 Å². The Morgan fingerprint density at radius 1 is 1.14 bits per heavy atom. The predicted molar refractivity (Wildman–Crippen MR) is 114 cm³/mol. The van der Waals surface area contributed by atoms with Crippen LogP contribution in [-0.4, -0.2) is 49.9 Å². The zero-order chi connectivity index (χ0) is 19.9. The minimum atomic E-state index is 0.0536. The van der Waals surface area contributed by atoms with Crippen molar-refractivity contribution in [2.24, 2.45) is 0 Å². The lowest BCUT2D eigenvalue weighted by atomic mass is 10.0. The molecule has 1 fully saturated rings. The van der Waals surface area contributed by atoms with Crippen LogP contribution in [0.5, 0.6) is 5.88 Å². The van der Waals surface area contributed by atoms with E-state index >= 15 is 0 Å². The number of rotatable bonds is 8. The van der Waals surface area contributed by atoms with E-state index in [4.69, 9.17) is 14.5 Å². The molecule has 1 unspecified atom stereocenters. The number of aryl methyl sites for hydroxylation is 1. The van der Waals surface area contributed by atoms with E-state index in [0.717, 1.165) is 47.7 Å². The standard InChI is InChI=1S/C22H32N4O2/c1-16(8-11-27-4)28-22-21(26-9-6-5-7-10-26)12-18(14-25-22)20-13-19(23-3)15-24-17(20)2/h12-16,23H,5-11H2,1-4H3. The highest BCUT2D eigenvalue weighted by molar-refractivity contribution is 5.74. The van der Waals surface area contributed by atoms with Gasteiger partial charge in [0.2, 0.25) is 5.88 Å². The van der Waals surface area contributed by atoms with Crippen molar-refractivity contribution in [2.45, 2.75) is 45.6 Å². The number of nitrogens with one attached hydrogen (secondary N) is 1. The van der Waals surface area contributed by atoms with Gasteiger partial charge in [-0.25, -0.2) is 4.98 Å². The van der Waals surface area contributed by atoms with Gasteiger partial charge in [-0.05, 0) is 45.2 Å². The number of ether oxygens (including phenoxy) is 2. The third kappa shape index (κ3) is 4.93. The van der Waals surface area contributed by atoms with E-state index in [1.165, 1.54) is 19.3 Å². The van der Waals surface area contributed by atoms with Gasteiger partial charge in [-0.15, -0.1) is 0 Å². The summed E-state index contributed by atoms with van der Waals surface area (Å²) in [6.07, 6.45) is 8.35. The summed E-state index contributed by atoms with van der Waals surface area (Å²) in [7, 11) is 3.63. The number of methoxy groups -OCH3 is 1. The van der Waals surface area contributed by atoms with Crippen LogP contribution in [0, 0.1) is 6.92 Å². The van der Waals surface area contributed by atoms with Crippen LogP contribution in [0.25, 0.3) is 11.1 Å². The average Bonchev–Trinajstić information content (AvgIpc) is 2.73. The van der Waals surface area contributed by atoms with E-state index in [9.17, 15) is 0 Å². The SMILES string of the molecule is CNc1cnc(C)c(-c2cnc(OC(C)CCOC)c(N3CCCCC3)c2)c1. The maximum Gasteiger partial charge on any atom is 0.237 e. The molecule has 0 bridgehead atoms. The van der Waals surface area contributed by atoms with Gasteiger partial charge >= 0.3 is 0 Å². The zero-order valence-electron chi connectivity index (χ0n) is 17.5. The second-order valence-electron chi connectivity index (χ2n) is 7.41. The molecule has 6 heteroatoms. The van der Waals surface area contributed by atoms with E-state index in [1.807, 2.05) is 26.4 Å². The Hall–Kier alpha value is -2.34. The minimum Gasteiger partial charge on any atom is -0.473 e. The molecule has 1 aliphatic heterocycles. The van der Waals surface area contributed by atoms with Gasteiger partial charge in [0.25, 0.3) is 0 Å². The van der Waals surface area contributed by atoms with Crippen molar-refractivity contribution >= 4 is 11.4 Å². The number of pyridine rings is 2. The first-order valence-electron chi connectivity index (χ1n) is 10.2. The molecule has 1 atom stereocenters. The number of anilines is 2. The number of hydrogen-bond donors (Lipinski definition) is 1. The number of nitrogens with zero attached hydrogens (tertiary/aromatic N) is 3. The lowest BCUT2D eigenvalue weighted by Crippen LogP contribution is -2.30. The Bertz CT molecular complexity index is 775. The highest BCUT2D eigenvalue weighted by atomic mass is 16.5. The van der Waals surface area contributed by atoms with Crippen LogP contribution in [0.15, 0.2) is 24.5 Å². The fourth-order valence-corrected chi connectivity index (χ4v) is 3.54. The zero-order valence-corrected chi connectivity index (χ0v) is 17.5. The van der Waals surface area contributed by atoms with E-state index in [1.54, 1.807) is 7.11 Å². The summed E-state index contributed by atoms with van der Waals surface area (Å²) in [5, 5.41) is 3.17. The maximum absolute atomic E-state index is 6.21. The largest absolute Gasteiger partial charge is 0.473 e. The molecule has 3 heterocycles. The van der Waals surface area contributed by atoms with E-state index < -0.39 is 0 Å². The molecule has 1 N–H and O–H groups in total. The Kier molecular flexibility index (Phi) is 7.09. The first-order valence-corrected chi connectivity index (χ1v) is 10.2. The third-order valence-electron chi connectivity index (χ3n) is 5.26. The monoisotopic (exact) mass is 384 g/mol. The van der Waals surface area contributed by atoms with Crippen LogP contribution in [0.2, 0.25) is 0 Å². The van der Waals surface area contributed by atoms with Crippen LogP contribution in [0.3, 0.4) is 0 Å². The molecule has 1 saturated heterocycles. The van der Waals surface area contributed by atoms with Crippen molar-refractivity contribution < 1.29 is 9.47 Å². The van der Waals surface area contributed by atoms with Gasteiger partial charge in [0.15, 0.2) is 0 Å². The van der Waals surface area contributed by atoms with Gasteiger partial charge < -0.3 is 19.7 Å². The van der Waals surface area contributed by atoms with Crippen LogP contribution in [-0.2, 0) is 4.74 Å². The second-order valence-corrected chi connectivity index (χ2v) is 7.41. The summed E-state index contributed by atoms with van der Waals surface area (Å²) in [5.74, 6) is 0.713. The molecule has 0 amide bonds. The number of hydrogen-bond acceptors (Lipinski definition) is 6. The van der Waals surface area contributed by atoms with E-state index in [2.05, 4.69) is 34.3 Å². The summed E-state index contributed by atoms with van der Waals surface area (Å²) in [6, 6.07) is 4.33. The highest BCUT2D eigenvalue weighted by Gasteiger charge is 2.20. The van der Waals surface area contributed by atoms with Crippen molar-refractivity contribution in [3.8, 4) is 17.0 Å². The molecule has 0 aliphatic carbocycles. The first kappa shape index (κ1) is 20.4. The maximum atomic E-state index is 6.21. The van der Waals surface area contributed by atoms with E-state index in [-0.39, 0.29) is 6.10 Å². The molecule has 2 aromatic rings. The fourth-order valence-electron chi connectivity index (χ4n) is 3.54. The van der Waals surface area contributed by atoms with Gasteiger partial charge in [-0.1, -0.05) is 0 Å². The van der Waals surface area contributed by atoms with Crippen molar-refractivity contribution in [1.82, 2.24) is 9.97 Å². The molecule has 152 valence electrons. The minimum absolute atomic E-state index is 0.0536. The Labute approximate surface area is 168 Å². The Morgan fingerprint density at radius 2 is 1.93 bits per heavy atom. The van der Waals surface area contributed by atoms with Crippen LogP contribution in [0.4, 0.5) is 11.4 Å². The van der Waals surface area contributed by atoms with Crippen molar-refractivity contribution in [3.63, 3.8) is 0 Å². The summed E-state index contributed by atoms with van der Waals surface area (Å²) >= 11 is 0. The normalized spacial score (nSPS) is 15.4. The molecule has 0 spiro atoms. The van der Waals surface area contributed by atoms with Gasteiger partial charge in [-0.2, -0.15) is 0 Å². The lowest BCUT2D eigenvalue weighted by molar-refractivity contribution is 0.132. The van der Waals surface area contributed by atoms with Crippen molar-refractivity contribution in [2.75, 3.05) is 44.1 Å². The summed E-state index contributed by atoms with van der Waals surface area (Å²) in [4.78, 5) is 11.7. The van der Waals surface area contributed by atoms with Gasteiger partial charge in [0.1, 0.15) is 5.69 Å². The first-order chi connectivity index (χ1) is 13.6. The molecule has 28 heavy (non-hydrogen) atoms. The fraction of sp³-hybridized carbons (Fsp3) is 0.545. The molecular weight excluding hydrogens is 352 g/mol. The molecule has 0 saturated carbocycles. The van der Waals surface area contributed by atoms with Gasteiger partial charge in [-0.3, -0.25) is 4.98 Å². The molecule has 6 nitrogen and oxygen atoms in total. The highest BCUT2D eigenvalue weighted by Crippen LogP contribution is 2.35. The molecule has 3 rings (SSSR count). The predicted octanol–water partition coefficient (Wildman–Crippen LogP) is 4.29. The van der Waals surface area contributed by atoms with Gasteiger partial charge in [0, 0.05) is 63.3 Å². The molecule has 2 aromatic heterocycles. The topological polar surface area (TPSA) is 59.5 Å². The third-order valence-corrected chi connectivity index (χ3v) is 5.26. The number of piperidine rings is 1. The Balaban J connectivity index is 1.95. The summed E-state index contributed by atoms with van der Waals surface area (Å²) in [5.41, 5.74) is 5.23. The van der Waals surface area contributed by atoms with Crippen LogP contribution < -0.4 is 15.0 Å². The molecule has 1 aliphatic rings. The molecular formula is C22H32N4O2. The quantitative estimate of drug-likeness (QED) is 0.733. The molecule has 0 aromatic carbocycles.